The fourth-order valence-electron chi connectivity index (χ4n) is 0. The first-order chi connectivity index (χ1) is 6.93. The van der Waals surface area contributed by atoms with Crippen LogP contribution >= 0.6 is 0 Å². The van der Waals surface area contributed by atoms with Crippen molar-refractivity contribution in [2.75, 3.05) is 0 Å². The van der Waals surface area contributed by atoms with Crippen molar-refractivity contribution >= 4 is 72.8 Å². The summed E-state index contributed by atoms with van der Waals surface area (Å²) in [5.74, 6) is -4.33. The molecule has 10 heteroatoms. The molecule has 0 aromatic rings. The summed E-state index contributed by atoms with van der Waals surface area (Å²) < 4.78 is 0. The van der Waals surface area contributed by atoms with E-state index in [-0.39, 0.29) is 76.2 Å². The van der Waals surface area contributed by atoms with Gasteiger partial charge in [0.2, 0.25) is 0 Å². The minimum absolute atomic E-state index is 0. The van der Waals surface area contributed by atoms with Crippen molar-refractivity contribution in [3.63, 3.8) is 0 Å². The molecule has 0 N–H and O–H groups in total. The Balaban J connectivity index is -0.0000000257. The second-order valence-electron chi connectivity index (χ2n) is 1.97. The maximum Gasteiger partial charge on any atom is 2.00 e. The fourth-order valence-corrected chi connectivity index (χ4v) is 0. The van der Waals surface area contributed by atoms with Crippen LogP contribution in [0.15, 0.2) is 0 Å². The van der Waals surface area contributed by atoms with E-state index >= 15 is 0 Å². The molecule has 0 fully saturated rings. The average molecular weight is 486 g/mol. The van der Waals surface area contributed by atoms with Crippen LogP contribution in [0.2, 0.25) is 0 Å². The molecule has 0 unspecified atom stereocenters. The molecule has 18 heavy (non-hydrogen) atoms. The SMILES string of the molecule is CC(=O)[O-].CC(=O)[O-].CC(=O)[O-].CC(=O)[O-].[Ba+2].[Cd+2]. The number of hydrogen-bond donors (Lipinski definition) is 0. The predicted octanol–water partition coefficient (Wildman–Crippen LogP) is -5.36. The van der Waals surface area contributed by atoms with Crippen LogP contribution in [-0.4, -0.2) is 72.8 Å². The summed E-state index contributed by atoms with van der Waals surface area (Å²) in [5, 5.41) is 35.6. The Morgan fingerprint density at radius 2 is 0.556 bits per heavy atom. The van der Waals surface area contributed by atoms with Gasteiger partial charge >= 0.3 is 76.2 Å². The van der Waals surface area contributed by atoms with Crippen LogP contribution in [0.3, 0.4) is 0 Å². The second-order valence-corrected chi connectivity index (χ2v) is 1.97. The van der Waals surface area contributed by atoms with Crippen LogP contribution in [0.4, 0.5) is 0 Å². The Morgan fingerprint density at radius 3 is 0.556 bits per heavy atom. The number of carbonyl (C=O) groups is 4. The molecule has 0 bridgehead atoms. The number of carboxylic acids is 4. The monoisotopic (exact) mass is 488 g/mol. The zero-order valence-corrected chi connectivity index (χ0v) is 19.2. The fraction of sp³-hybridized carbons (Fsp3) is 0.500. The summed E-state index contributed by atoms with van der Waals surface area (Å²) in [4.78, 5) is 35.6. The first-order valence-electron chi connectivity index (χ1n) is 3.63. The molecule has 0 saturated heterocycles. The molecule has 0 heterocycles. The molecule has 0 amide bonds. The van der Waals surface area contributed by atoms with E-state index < -0.39 is 23.9 Å². The number of carboxylic acid groups (broad SMARTS) is 4. The minimum Gasteiger partial charge on any atom is -0.550 e. The molecule has 0 aliphatic rings. The third-order valence-corrected chi connectivity index (χ3v) is 0. The number of carbonyl (C=O) groups excluding carboxylic acids is 4. The molecule has 0 spiro atoms. The Morgan fingerprint density at radius 1 is 0.556 bits per heavy atom. The average Bonchev–Trinajstić information content (AvgIpc) is 1.76. The van der Waals surface area contributed by atoms with Gasteiger partial charge in [-0.05, 0) is 27.7 Å². The van der Waals surface area contributed by atoms with Gasteiger partial charge in [-0.25, -0.2) is 0 Å². The summed E-state index contributed by atoms with van der Waals surface area (Å²) in [6.07, 6.45) is 0. The Kier molecular flexibility index (Phi) is 61.2. The Hall–Kier alpha value is 0.374. The van der Waals surface area contributed by atoms with Crippen molar-refractivity contribution in [3.05, 3.63) is 0 Å². The van der Waals surface area contributed by atoms with Gasteiger partial charge in [-0.1, -0.05) is 0 Å². The van der Waals surface area contributed by atoms with Gasteiger partial charge in [0, 0.05) is 23.9 Å². The Bertz CT molecular complexity index is 167. The summed E-state index contributed by atoms with van der Waals surface area (Å²) in [5.41, 5.74) is 0. The molecule has 0 aliphatic carbocycles. The van der Waals surface area contributed by atoms with Gasteiger partial charge in [0.25, 0.3) is 0 Å². The summed E-state index contributed by atoms with van der Waals surface area (Å²) in [6, 6.07) is 0. The quantitative estimate of drug-likeness (QED) is 0.307. The van der Waals surface area contributed by atoms with Gasteiger partial charge in [-0.3, -0.25) is 0 Å². The Labute approximate surface area is 165 Å². The van der Waals surface area contributed by atoms with Crippen LogP contribution in [0.1, 0.15) is 27.7 Å². The van der Waals surface area contributed by atoms with Crippen LogP contribution in [0.5, 0.6) is 0 Å². The van der Waals surface area contributed by atoms with E-state index in [1.807, 2.05) is 0 Å². The molecule has 0 rings (SSSR count). The first-order valence-corrected chi connectivity index (χ1v) is 3.63. The van der Waals surface area contributed by atoms with Gasteiger partial charge in [0.1, 0.15) is 0 Å². The maximum absolute atomic E-state index is 8.89. The molecule has 0 aromatic heterocycles. The van der Waals surface area contributed by atoms with E-state index in [0.717, 1.165) is 27.7 Å². The maximum atomic E-state index is 8.89. The molecule has 0 saturated carbocycles. The van der Waals surface area contributed by atoms with Crippen molar-refractivity contribution in [1.82, 2.24) is 0 Å². The van der Waals surface area contributed by atoms with E-state index in [4.69, 9.17) is 39.6 Å². The van der Waals surface area contributed by atoms with Crippen LogP contribution < -0.4 is 20.4 Å². The topological polar surface area (TPSA) is 161 Å². The normalized spacial score (nSPS) is 5.56. The van der Waals surface area contributed by atoms with Gasteiger partial charge in [-0.15, -0.1) is 0 Å². The van der Waals surface area contributed by atoms with E-state index in [2.05, 4.69) is 0 Å². The van der Waals surface area contributed by atoms with Crippen molar-refractivity contribution in [2.24, 2.45) is 0 Å². The molecule has 0 aliphatic heterocycles. The second kappa shape index (κ2) is 30.4. The summed E-state index contributed by atoms with van der Waals surface area (Å²) in [7, 11) is 0. The van der Waals surface area contributed by atoms with Crippen molar-refractivity contribution in [1.29, 1.82) is 0 Å². The van der Waals surface area contributed by atoms with Crippen LogP contribution in [0, 0.1) is 0 Å². The minimum atomic E-state index is -1.08. The number of rotatable bonds is 0. The zero-order chi connectivity index (χ0) is 14.3. The molecular formula is C8H12BaCdO8. The summed E-state index contributed by atoms with van der Waals surface area (Å²) >= 11 is 0. The largest absolute Gasteiger partial charge is 2.00 e. The van der Waals surface area contributed by atoms with E-state index in [9.17, 15) is 0 Å². The molecule has 0 aromatic carbocycles. The van der Waals surface area contributed by atoms with Crippen LogP contribution in [0.25, 0.3) is 0 Å². The third kappa shape index (κ3) is 27700. The van der Waals surface area contributed by atoms with E-state index in [0.29, 0.717) is 0 Å². The van der Waals surface area contributed by atoms with Gasteiger partial charge in [0.05, 0.1) is 0 Å². The van der Waals surface area contributed by atoms with Crippen LogP contribution in [-0.2, 0) is 46.5 Å². The standard InChI is InChI=1S/4C2H4O2.Ba.Cd/c4*1-2(3)4;;/h4*1H3,(H,3,4);;/q;;;;2*+2/p-4. The molecule has 96 valence electrons. The molecule has 0 radical (unpaired) electrons. The smallest absolute Gasteiger partial charge is 0.550 e. The van der Waals surface area contributed by atoms with E-state index in [1.54, 1.807) is 0 Å². The number of hydrogen-bond acceptors (Lipinski definition) is 8. The van der Waals surface area contributed by atoms with Crippen molar-refractivity contribution in [2.45, 2.75) is 27.7 Å². The van der Waals surface area contributed by atoms with Crippen molar-refractivity contribution in [3.8, 4) is 0 Å². The predicted molar refractivity (Wildman–Crippen MR) is 48.5 cm³/mol. The number of aliphatic carboxylic acids is 4. The summed E-state index contributed by atoms with van der Waals surface area (Å²) in [6.45, 7) is 3.89. The van der Waals surface area contributed by atoms with Gasteiger partial charge in [-0.2, -0.15) is 0 Å². The molecule has 8 nitrogen and oxygen atoms in total. The third-order valence-electron chi connectivity index (χ3n) is 0. The molecular weight excluding hydrogens is 474 g/mol. The van der Waals surface area contributed by atoms with Gasteiger partial charge in [0.15, 0.2) is 0 Å². The molecule has 0 atom stereocenters. The van der Waals surface area contributed by atoms with Crippen molar-refractivity contribution < 1.29 is 66.9 Å². The zero-order valence-electron chi connectivity index (χ0n) is 10.7. The van der Waals surface area contributed by atoms with Gasteiger partial charge < -0.3 is 39.6 Å². The van der Waals surface area contributed by atoms with E-state index in [1.165, 1.54) is 0 Å². The first kappa shape index (κ1) is 36.2.